The Morgan fingerprint density at radius 3 is 2.76 bits per heavy atom. The van der Waals surface area contributed by atoms with Gasteiger partial charge in [0, 0.05) is 6.20 Å². The van der Waals surface area contributed by atoms with Crippen LogP contribution in [-0.2, 0) is 9.47 Å². The van der Waals surface area contributed by atoms with E-state index in [0.29, 0.717) is 12.1 Å². The molecule has 2 unspecified atom stereocenters. The van der Waals surface area contributed by atoms with E-state index in [-0.39, 0.29) is 24.0 Å². The first-order chi connectivity index (χ1) is 11.7. The van der Waals surface area contributed by atoms with Crippen LogP contribution in [0.15, 0.2) is 18.5 Å². The first-order valence-corrected chi connectivity index (χ1v) is 8.59. The van der Waals surface area contributed by atoms with Gasteiger partial charge in [-0.3, -0.25) is 4.98 Å². The summed E-state index contributed by atoms with van der Waals surface area (Å²) >= 11 is 0. The number of nitrogens with zero attached hydrogens (tertiary/aromatic N) is 2. The van der Waals surface area contributed by atoms with Gasteiger partial charge in [0.15, 0.2) is 0 Å². The molecule has 1 aromatic heterocycles. The normalized spacial score (nSPS) is 29.1. The minimum atomic E-state index is -0.676. The van der Waals surface area contributed by atoms with Crippen LogP contribution in [0.2, 0.25) is 0 Å². The monoisotopic (exact) mass is 347 g/mol. The average Bonchev–Trinajstić information content (AvgIpc) is 2.82. The van der Waals surface area contributed by atoms with Crippen LogP contribution in [0.3, 0.4) is 0 Å². The highest BCUT2D eigenvalue weighted by atomic mass is 16.6. The molecule has 2 aliphatic rings. The Morgan fingerprint density at radius 2 is 2.12 bits per heavy atom. The number of nitrogens with two attached hydrogens (primary N) is 1. The maximum atomic E-state index is 12.5. The molecular formula is C18H25N3O4. The van der Waals surface area contributed by atoms with Crippen LogP contribution in [0.5, 0.6) is 0 Å². The standard InChI is InChI=1S/C18H25N3O4/c1-10-7-11(12-5-6-20-9-13(12)19)8-14-15(10)24-16(22)21(14)17(23)25-18(2,3)4/h5-6,9-11,14-15H,7-8,19H2,1-4H3/t10-,11+,14?,15?/m0/s1. The van der Waals surface area contributed by atoms with E-state index in [9.17, 15) is 9.59 Å². The van der Waals surface area contributed by atoms with Gasteiger partial charge < -0.3 is 15.2 Å². The van der Waals surface area contributed by atoms with Gasteiger partial charge in [0.1, 0.15) is 11.7 Å². The Labute approximate surface area is 147 Å². The topological polar surface area (TPSA) is 94.8 Å². The molecule has 7 nitrogen and oxygen atoms in total. The minimum absolute atomic E-state index is 0.118. The molecule has 1 saturated heterocycles. The molecule has 0 spiro atoms. The molecule has 25 heavy (non-hydrogen) atoms. The smallest absolute Gasteiger partial charge is 0.420 e. The number of amides is 2. The third-order valence-electron chi connectivity index (χ3n) is 4.80. The maximum absolute atomic E-state index is 12.5. The van der Waals surface area contributed by atoms with Gasteiger partial charge in [-0.05, 0) is 57.1 Å². The fraction of sp³-hybridized carbons (Fsp3) is 0.611. The highest BCUT2D eigenvalue weighted by molar-refractivity contribution is 5.90. The highest BCUT2D eigenvalue weighted by Crippen LogP contribution is 2.44. The molecule has 2 fully saturated rings. The number of imide groups is 1. The Morgan fingerprint density at radius 1 is 1.40 bits per heavy atom. The van der Waals surface area contributed by atoms with Crippen molar-refractivity contribution in [2.45, 2.75) is 64.2 Å². The van der Waals surface area contributed by atoms with E-state index in [1.807, 2.05) is 13.0 Å². The summed E-state index contributed by atoms with van der Waals surface area (Å²) in [5.74, 6) is 0.256. The van der Waals surface area contributed by atoms with E-state index in [2.05, 4.69) is 4.98 Å². The molecule has 7 heteroatoms. The van der Waals surface area contributed by atoms with Crippen LogP contribution in [0.1, 0.15) is 52.0 Å². The lowest BCUT2D eigenvalue weighted by Gasteiger charge is -2.37. The van der Waals surface area contributed by atoms with E-state index in [0.717, 1.165) is 16.9 Å². The largest absolute Gasteiger partial charge is 0.443 e. The highest BCUT2D eigenvalue weighted by Gasteiger charge is 2.52. The van der Waals surface area contributed by atoms with Gasteiger partial charge in [0.05, 0.1) is 17.9 Å². The van der Waals surface area contributed by atoms with Crippen molar-refractivity contribution >= 4 is 17.9 Å². The van der Waals surface area contributed by atoms with Crippen LogP contribution in [-0.4, -0.2) is 39.8 Å². The number of hydrogen-bond acceptors (Lipinski definition) is 6. The molecule has 4 atom stereocenters. The van der Waals surface area contributed by atoms with E-state index >= 15 is 0 Å². The van der Waals surface area contributed by atoms with Crippen molar-refractivity contribution in [1.29, 1.82) is 0 Å². The van der Waals surface area contributed by atoms with Crippen molar-refractivity contribution in [3.05, 3.63) is 24.0 Å². The third-order valence-corrected chi connectivity index (χ3v) is 4.80. The van der Waals surface area contributed by atoms with Crippen molar-refractivity contribution < 1.29 is 19.1 Å². The van der Waals surface area contributed by atoms with Crippen molar-refractivity contribution in [1.82, 2.24) is 9.88 Å². The molecule has 0 radical (unpaired) electrons. The molecule has 2 N–H and O–H groups in total. The van der Waals surface area contributed by atoms with E-state index in [4.69, 9.17) is 15.2 Å². The molecule has 1 aliphatic heterocycles. The van der Waals surface area contributed by atoms with Gasteiger partial charge in [-0.25, -0.2) is 14.5 Å². The second kappa shape index (κ2) is 6.20. The number of rotatable bonds is 1. The molecule has 1 saturated carbocycles. The summed E-state index contributed by atoms with van der Waals surface area (Å²) in [5, 5.41) is 0. The number of carbonyl (C=O) groups excluding carboxylic acids is 2. The number of fused-ring (bicyclic) bond motifs is 1. The lowest BCUT2D eigenvalue weighted by atomic mass is 9.74. The molecule has 0 aromatic carbocycles. The fourth-order valence-corrected chi connectivity index (χ4v) is 3.80. The number of pyridine rings is 1. The fourth-order valence-electron chi connectivity index (χ4n) is 3.80. The van der Waals surface area contributed by atoms with Gasteiger partial charge in [0.2, 0.25) is 0 Å². The zero-order valence-electron chi connectivity index (χ0n) is 15.1. The number of ether oxygens (including phenoxy) is 2. The van der Waals surface area contributed by atoms with Crippen molar-refractivity contribution in [2.75, 3.05) is 5.73 Å². The minimum Gasteiger partial charge on any atom is -0.443 e. The summed E-state index contributed by atoms with van der Waals surface area (Å²) in [5.41, 5.74) is 7.03. The van der Waals surface area contributed by atoms with Crippen molar-refractivity contribution in [3.63, 3.8) is 0 Å². The zero-order chi connectivity index (χ0) is 18.4. The van der Waals surface area contributed by atoms with Crippen LogP contribution in [0.4, 0.5) is 15.3 Å². The van der Waals surface area contributed by atoms with E-state index in [1.165, 1.54) is 0 Å². The molecule has 1 aromatic rings. The van der Waals surface area contributed by atoms with Crippen molar-refractivity contribution in [2.24, 2.45) is 5.92 Å². The van der Waals surface area contributed by atoms with Gasteiger partial charge in [0.25, 0.3) is 0 Å². The summed E-state index contributed by atoms with van der Waals surface area (Å²) in [6.45, 7) is 7.35. The summed E-state index contributed by atoms with van der Waals surface area (Å²) in [6.07, 6.45) is 3.21. The number of anilines is 1. The Bertz CT molecular complexity index is 685. The quantitative estimate of drug-likeness (QED) is 0.837. The number of carbonyl (C=O) groups is 2. The summed E-state index contributed by atoms with van der Waals surface area (Å²) in [7, 11) is 0. The lowest BCUT2D eigenvalue weighted by Crippen LogP contribution is -2.48. The SMILES string of the molecule is C[C@H]1C[C@@H](c2ccncc2N)CC2C1OC(=O)N2C(=O)OC(C)(C)C. The molecule has 3 rings (SSSR count). The van der Waals surface area contributed by atoms with Crippen LogP contribution in [0, 0.1) is 5.92 Å². The number of aromatic nitrogens is 1. The van der Waals surface area contributed by atoms with Gasteiger partial charge in [-0.15, -0.1) is 0 Å². The number of nitrogen functional groups attached to an aromatic ring is 1. The van der Waals surface area contributed by atoms with Gasteiger partial charge in [-0.2, -0.15) is 0 Å². The Hall–Kier alpha value is -2.31. The predicted octanol–water partition coefficient (Wildman–Crippen LogP) is 3.30. The maximum Gasteiger partial charge on any atom is 0.420 e. The first-order valence-electron chi connectivity index (χ1n) is 8.59. The van der Waals surface area contributed by atoms with Gasteiger partial charge >= 0.3 is 12.2 Å². The van der Waals surface area contributed by atoms with Crippen molar-refractivity contribution in [3.8, 4) is 0 Å². The second-order valence-corrected chi connectivity index (χ2v) is 7.92. The summed E-state index contributed by atoms with van der Waals surface area (Å²) in [6, 6.07) is 1.56. The molecule has 0 bridgehead atoms. The van der Waals surface area contributed by atoms with Crippen LogP contribution >= 0.6 is 0 Å². The lowest BCUT2D eigenvalue weighted by molar-refractivity contribution is 0.0233. The average molecular weight is 347 g/mol. The van der Waals surface area contributed by atoms with Crippen LogP contribution < -0.4 is 5.73 Å². The third kappa shape index (κ3) is 3.41. The summed E-state index contributed by atoms with van der Waals surface area (Å²) < 4.78 is 10.9. The molecular weight excluding hydrogens is 322 g/mol. The summed E-state index contributed by atoms with van der Waals surface area (Å²) in [4.78, 5) is 30.0. The number of hydrogen-bond donors (Lipinski definition) is 1. The Balaban J connectivity index is 1.86. The zero-order valence-corrected chi connectivity index (χ0v) is 15.1. The molecule has 2 amide bonds. The molecule has 136 valence electrons. The first kappa shape index (κ1) is 17.5. The molecule has 2 heterocycles. The van der Waals surface area contributed by atoms with Gasteiger partial charge in [-0.1, -0.05) is 6.92 Å². The predicted molar refractivity (Wildman–Crippen MR) is 91.9 cm³/mol. The Kier molecular flexibility index (Phi) is 4.34. The second-order valence-electron chi connectivity index (χ2n) is 7.92. The van der Waals surface area contributed by atoms with E-state index in [1.54, 1.807) is 33.2 Å². The molecule has 1 aliphatic carbocycles. The van der Waals surface area contributed by atoms with Crippen LogP contribution in [0.25, 0.3) is 0 Å². The van der Waals surface area contributed by atoms with E-state index < -0.39 is 17.8 Å².